The number of nitrogens with zero attached hydrogens (tertiary/aromatic N) is 2. The summed E-state index contributed by atoms with van der Waals surface area (Å²) < 4.78 is 22.5. The number of amides is 1. The van der Waals surface area contributed by atoms with E-state index < -0.39 is 15.0 Å². The Bertz CT molecular complexity index is 774. The van der Waals surface area contributed by atoms with E-state index in [0.29, 0.717) is 0 Å². The van der Waals surface area contributed by atoms with Crippen LogP contribution < -0.4 is 5.32 Å². The molecule has 1 aromatic carbocycles. The predicted octanol–water partition coefficient (Wildman–Crippen LogP) is 2.96. The second-order valence-corrected chi connectivity index (χ2v) is 7.17. The Kier molecular flexibility index (Phi) is 4.67. The van der Waals surface area contributed by atoms with Crippen molar-refractivity contribution in [2.75, 3.05) is 5.32 Å². The SMILES string of the molecule is O=C(Nc1c(Cl)cc(S(=O)(=O)Cl)cc1Cl)c1ccnnc1. The minimum absolute atomic E-state index is 0.0582. The Labute approximate surface area is 134 Å². The fourth-order valence-electron chi connectivity index (χ4n) is 1.42. The lowest BCUT2D eigenvalue weighted by molar-refractivity contribution is 0.102. The first-order valence-electron chi connectivity index (χ1n) is 5.31. The van der Waals surface area contributed by atoms with E-state index in [1.165, 1.54) is 18.5 Å². The Hall–Kier alpha value is -1.41. The van der Waals surface area contributed by atoms with Crippen molar-refractivity contribution in [1.29, 1.82) is 0 Å². The summed E-state index contributed by atoms with van der Waals surface area (Å²) in [5.41, 5.74) is 0.315. The third-order valence-electron chi connectivity index (χ3n) is 2.38. The normalized spacial score (nSPS) is 11.2. The molecular weight excluding hydrogens is 361 g/mol. The molecule has 0 atom stereocenters. The van der Waals surface area contributed by atoms with Crippen LogP contribution in [0.1, 0.15) is 10.4 Å². The van der Waals surface area contributed by atoms with Gasteiger partial charge < -0.3 is 5.32 Å². The molecule has 0 saturated heterocycles. The highest BCUT2D eigenvalue weighted by Crippen LogP contribution is 2.34. The fraction of sp³-hybridized carbons (Fsp3) is 0. The van der Waals surface area contributed by atoms with Crippen molar-refractivity contribution in [2.45, 2.75) is 4.90 Å². The van der Waals surface area contributed by atoms with Crippen molar-refractivity contribution in [3.63, 3.8) is 0 Å². The van der Waals surface area contributed by atoms with Crippen LogP contribution in [-0.4, -0.2) is 24.5 Å². The van der Waals surface area contributed by atoms with Gasteiger partial charge >= 0.3 is 0 Å². The van der Waals surface area contributed by atoms with E-state index in [4.69, 9.17) is 33.9 Å². The summed E-state index contributed by atoms with van der Waals surface area (Å²) in [6, 6.07) is 3.63. The highest BCUT2D eigenvalue weighted by Gasteiger charge is 2.18. The van der Waals surface area contributed by atoms with Gasteiger partial charge in [0.05, 0.1) is 38.6 Å². The van der Waals surface area contributed by atoms with Crippen molar-refractivity contribution in [3.05, 3.63) is 46.2 Å². The summed E-state index contributed by atoms with van der Waals surface area (Å²) >= 11 is 11.8. The van der Waals surface area contributed by atoms with E-state index in [2.05, 4.69) is 15.5 Å². The number of hydrogen-bond acceptors (Lipinski definition) is 5. The molecule has 0 aliphatic rings. The number of hydrogen-bond donors (Lipinski definition) is 1. The summed E-state index contributed by atoms with van der Waals surface area (Å²) in [7, 11) is 1.24. The van der Waals surface area contributed by atoms with E-state index >= 15 is 0 Å². The third kappa shape index (κ3) is 3.82. The Morgan fingerprint density at radius 3 is 2.24 bits per heavy atom. The lowest BCUT2D eigenvalue weighted by Crippen LogP contribution is -2.13. The van der Waals surface area contributed by atoms with Gasteiger partial charge in [-0.05, 0) is 18.2 Å². The molecule has 21 heavy (non-hydrogen) atoms. The maximum Gasteiger partial charge on any atom is 0.261 e. The minimum atomic E-state index is -3.97. The van der Waals surface area contributed by atoms with Crippen molar-refractivity contribution < 1.29 is 13.2 Å². The zero-order chi connectivity index (χ0) is 15.6. The first kappa shape index (κ1) is 16.0. The first-order chi connectivity index (χ1) is 9.79. The van der Waals surface area contributed by atoms with Crippen molar-refractivity contribution >= 4 is 54.5 Å². The summed E-state index contributed by atoms with van der Waals surface area (Å²) in [6.45, 7) is 0. The molecule has 1 N–H and O–H groups in total. The molecule has 2 rings (SSSR count). The molecule has 0 bridgehead atoms. The summed E-state index contributed by atoms with van der Waals surface area (Å²) in [6.07, 6.45) is 2.61. The van der Waals surface area contributed by atoms with E-state index in [0.717, 1.165) is 12.1 Å². The van der Waals surface area contributed by atoms with Gasteiger partial charge in [0.2, 0.25) is 0 Å². The van der Waals surface area contributed by atoms with E-state index in [-0.39, 0.29) is 26.2 Å². The maximum absolute atomic E-state index is 12.0. The Balaban J connectivity index is 2.36. The number of halogens is 3. The van der Waals surface area contributed by atoms with Gasteiger partial charge in [-0.1, -0.05) is 23.2 Å². The standard InChI is InChI=1S/C11H6Cl3N3O3S/c12-8-3-7(21(14,19)20)4-9(13)10(8)17-11(18)6-1-2-15-16-5-6/h1-5H,(H,17,18). The maximum atomic E-state index is 12.0. The summed E-state index contributed by atoms with van der Waals surface area (Å²) in [4.78, 5) is 11.7. The molecule has 0 saturated carbocycles. The number of benzene rings is 1. The van der Waals surface area contributed by atoms with E-state index in [9.17, 15) is 13.2 Å². The topological polar surface area (TPSA) is 89.0 Å². The van der Waals surface area contributed by atoms with Gasteiger partial charge in [-0.2, -0.15) is 10.2 Å². The second kappa shape index (κ2) is 6.15. The molecule has 10 heteroatoms. The fourth-order valence-corrected chi connectivity index (χ4v) is 2.92. The average Bonchev–Trinajstić information content (AvgIpc) is 2.42. The van der Waals surface area contributed by atoms with Gasteiger partial charge in [0, 0.05) is 10.7 Å². The lowest BCUT2D eigenvalue weighted by atomic mass is 10.2. The summed E-state index contributed by atoms with van der Waals surface area (Å²) in [5, 5.41) is 9.46. The third-order valence-corrected chi connectivity index (χ3v) is 4.31. The number of aromatic nitrogens is 2. The molecule has 6 nitrogen and oxygen atoms in total. The molecule has 1 heterocycles. The van der Waals surface area contributed by atoms with Crippen LogP contribution >= 0.6 is 33.9 Å². The zero-order valence-corrected chi connectivity index (χ0v) is 13.1. The number of rotatable bonds is 3. The van der Waals surface area contributed by atoms with Gasteiger partial charge in [-0.25, -0.2) is 8.42 Å². The second-order valence-electron chi connectivity index (χ2n) is 3.79. The largest absolute Gasteiger partial charge is 0.319 e. The molecule has 110 valence electrons. The quantitative estimate of drug-likeness (QED) is 0.844. The van der Waals surface area contributed by atoms with E-state index in [1.807, 2.05) is 0 Å². The van der Waals surface area contributed by atoms with Crippen LogP contribution in [0, 0.1) is 0 Å². The molecule has 0 radical (unpaired) electrons. The van der Waals surface area contributed by atoms with Crippen molar-refractivity contribution in [2.24, 2.45) is 0 Å². The number of anilines is 1. The van der Waals surface area contributed by atoms with Crippen LogP contribution in [-0.2, 0) is 9.05 Å². The van der Waals surface area contributed by atoms with Crippen molar-refractivity contribution in [3.8, 4) is 0 Å². The smallest absolute Gasteiger partial charge is 0.261 e. The van der Waals surface area contributed by atoms with Crippen LogP contribution in [0.2, 0.25) is 10.0 Å². The van der Waals surface area contributed by atoms with Gasteiger partial charge in [0.15, 0.2) is 0 Å². The number of carbonyl (C=O) groups is 1. The lowest BCUT2D eigenvalue weighted by Gasteiger charge is -2.10. The monoisotopic (exact) mass is 365 g/mol. The molecular formula is C11H6Cl3N3O3S. The highest BCUT2D eigenvalue weighted by atomic mass is 35.7. The number of carbonyl (C=O) groups excluding carboxylic acids is 1. The van der Waals surface area contributed by atoms with Crippen LogP contribution in [0.15, 0.2) is 35.5 Å². The average molecular weight is 367 g/mol. The first-order valence-corrected chi connectivity index (χ1v) is 8.37. The molecule has 0 fully saturated rings. The Morgan fingerprint density at radius 2 is 1.76 bits per heavy atom. The van der Waals surface area contributed by atoms with Gasteiger partial charge in [0.25, 0.3) is 15.0 Å². The van der Waals surface area contributed by atoms with Crippen LogP contribution in [0.4, 0.5) is 5.69 Å². The van der Waals surface area contributed by atoms with Gasteiger partial charge in [-0.15, -0.1) is 0 Å². The molecule has 0 spiro atoms. The Morgan fingerprint density at radius 1 is 1.14 bits per heavy atom. The van der Waals surface area contributed by atoms with Gasteiger partial charge in [-0.3, -0.25) is 4.79 Å². The molecule has 0 unspecified atom stereocenters. The molecule has 1 aromatic heterocycles. The van der Waals surface area contributed by atoms with E-state index in [1.54, 1.807) is 0 Å². The van der Waals surface area contributed by atoms with Crippen molar-refractivity contribution in [1.82, 2.24) is 10.2 Å². The summed E-state index contributed by atoms with van der Waals surface area (Å²) in [5.74, 6) is -0.518. The van der Waals surface area contributed by atoms with Crippen LogP contribution in [0.25, 0.3) is 0 Å². The van der Waals surface area contributed by atoms with Crippen LogP contribution in [0.3, 0.4) is 0 Å². The predicted molar refractivity (Wildman–Crippen MR) is 79.5 cm³/mol. The molecule has 0 aliphatic heterocycles. The van der Waals surface area contributed by atoms with Gasteiger partial charge in [0.1, 0.15) is 0 Å². The van der Waals surface area contributed by atoms with Crippen LogP contribution in [0.5, 0.6) is 0 Å². The molecule has 0 aliphatic carbocycles. The molecule has 1 amide bonds. The molecule has 2 aromatic rings. The zero-order valence-electron chi connectivity index (χ0n) is 10.0. The highest BCUT2D eigenvalue weighted by molar-refractivity contribution is 8.13. The minimum Gasteiger partial charge on any atom is -0.319 e. The number of nitrogens with one attached hydrogen (secondary N) is 1.